The molecule has 0 saturated heterocycles. The summed E-state index contributed by atoms with van der Waals surface area (Å²) in [5.74, 6) is 0. The van der Waals surface area contributed by atoms with Crippen LogP contribution in [0.5, 0.6) is 0 Å². The Balaban J connectivity index is -0.0000000450. The summed E-state index contributed by atoms with van der Waals surface area (Å²) in [5.41, 5.74) is 0. The van der Waals surface area contributed by atoms with E-state index in [0.29, 0.717) is 0 Å². The van der Waals surface area contributed by atoms with Crippen molar-refractivity contribution in [3.63, 3.8) is 0 Å². The molecular weight excluding hydrogens is 227 g/mol. The summed E-state index contributed by atoms with van der Waals surface area (Å²) < 4.78 is 0. The predicted molar refractivity (Wildman–Crippen MR) is 32.1 cm³/mol. The molecule has 0 fully saturated rings. The molecule has 0 saturated carbocycles. The van der Waals surface area contributed by atoms with Crippen molar-refractivity contribution in [3.8, 4) is 0 Å². The van der Waals surface area contributed by atoms with E-state index in [0.717, 1.165) is 0 Å². The number of rotatable bonds is 0. The SMILES string of the molecule is OB(O)O.P.[BaH2]. The van der Waals surface area contributed by atoms with Crippen LogP contribution in [-0.2, 0) is 0 Å². The van der Waals surface area contributed by atoms with E-state index in [1.54, 1.807) is 0 Å². The summed E-state index contributed by atoms with van der Waals surface area (Å²) in [7, 11) is -2.17. The molecule has 0 aromatic carbocycles. The van der Waals surface area contributed by atoms with E-state index in [1.807, 2.05) is 0 Å². The van der Waals surface area contributed by atoms with Gasteiger partial charge in [-0.3, -0.25) is 0 Å². The molecule has 0 aliphatic carbocycles. The summed E-state index contributed by atoms with van der Waals surface area (Å²) in [5, 5.41) is 21.5. The minimum absolute atomic E-state index is 0. The van der Waals surface area contributed by atoms with Gasteiger partial charge in [-0.2, -0.15) is 9.90 Å². The van der Waals surface area contributed by atoms with Gasteiger partial charge < -0.3 is 15.1 Å². The van der Waals surface area contributed by atoms with Gasteiger partial charge in [-0.05, 0) is 0 Å². The third-order valence-electron chi connectivity index (χ3n) is 0. The topological polar surface area (TPSA) is 60.7 Å². The van der Waals surface area contributed by atoms with Gasteiger partial charge in [-0.25, -0.2) is 0 Å². The molecule has 0 amide bonds. The van der Waals surface area contributed by atoms with Gasteiger partial charge in [0.15, 0.2) is 0 Å². The first-order valence-electron chi connectivity index (χ1n) is 0.775. The van der Waals surface area contributed by atoms with Gasteiger partial charge in [0.1, 0.15) is 0 Å². The Bertz CT molecular complexity index is 15.5. The van der Waals surface area contributed by atoms with Gasteiger partial charge >= 0.3 is 56.2 Å². The van der Waals surface area contributed by atoms with Crippen LogP contribution < -0.4 is 0 Å². The molecule has 0 heterocycles. The Morgan fingerprint density at radius 1 is 1.00 bits per heavy atom. The number of hydrogen-bond acceptors (Lipinski definition) is 3. The second-order valence-electron chi connectivity index (χ2n) is 0.346. The zero-order chi connectivity index (χ0) is 3.58. The third kappa shape index (κ3) is 38.4. The quantitative estimate of drug-likeness (QED) is 0.311. The molecule has 0 aliphatic heterocycles. The molecule has 0 aromatic heterocycles. The Hall–Kier alpha value is 1.95. The average molecular weight is 235 g/mol. The van der Waals surface area contributed by atoms with Gasteiger partial charge in [0.05, 0.1) is 0 Å². The fourth-order valence-electron chi connectivity index (χ4n) is 0. The van der Waals surface area contributed by atoms with Crippen molar-refractivity contribution in [1.82, 2.24) is 0 Å². The normalized spacial score (nSPS) is 4.50. The van der Waals surface area contributed by atoms with E-state index in [1.165, 1.54) is 0 Å². The fourth-order valence-corrected chi connectivity index (χ4v) is 0. The van der Waals surface area contributed by atoms with Crippen LogP contribution in [0.1, 0.15) is 0 Å². The first-order valence-corrected chi connectivity index (χ1v) is 0.775. The zero-order valence-corrected chi connectivity index (χ0v) is 4.04. The van der Waals surface area contributed by atoms with Gasteiger partial charge in [-0.15, -0.1) is 0 Å². The van der Waals surface area contributed by atoms with Crippen molar-refractivity contribution in [2.24, 2.45) is 0 Å². The van der Waals surface area contributed by atoms with Crippen molar-refractivity contribution in [2.75, 3.05) is 0 Å². The van der Waals surface area contributed by atoms with E-state index < -0.39 is 7.32 Å². The van der Waals surface area contributed by atoms with Crippen molar-refractivity contribution < 1.29 is 15.1 Å². The molecule has 36 valence electrons. The summed E-state index contributed by atoms with van der Waals surface area (Å²) in [4.78, 5) is 0. The Labute approximate surface area is 80.0 Å². The van der Waals surface area contributed by atoms with Crippen molar-refractivity contribution >= 4 is 66.1 Å². The van der Waals surface area contributed by atoms with Crippen molar-refractivity contribution in [1.29, 1.82) is 0 Å². The van der Waals surface area contributed by atoms with Gasteiger partial charge in [0, 0.05) is 0 Å². The second-order valence-corrected chi connectivity index (χ2v) is 0.346. The Kier molecular flexibility index (Phi) is 26.2. The average Bonchev–Trinajstić information content (AvgIpc) is 0.811. The van der Waals surface area contributed by atoms with Crippen molar-refractivity contribution in [3.05, 3.63) is 0 Å². The van der Waals surface area contributed by atoms with Crippen LogP contribution in [-0.4, -0.2) is 71.3 Å². The maximum absolute atomic E-state index is 7.17. The summed E-state index contributed by atoms with van der Waals surface area (Å²) in [6.07, 6.45) is 0. The van der Waals surface area contributed by atoms with Gasteiger partial charge in [-0.1, -0.05) is 0 Å². The molecule has 6 heteroatoms. The van der Waals surface area contributed by atoms with Crippen LogP contribution in [0.2, 0.25) is 0 Å². The van der Waals surface area contributed by atoms with Crippen LogP contribution >= 0.6 is 9.90 Å². The molecule has 0 aliphatic rings. The molecule has 0 aromatic rings. The second kappa shape index (κ2) is 10.0. The summed E-state index contributed by atoms with van der Waals surface area (Å²) in [6, 6.07) is 0. The third-order valence-corrected chi connectivity index (χ3v) is 0. The molecule has 0 bridgehead atoms. The molecule has 1 unspecified atom stereocenters. The monoisotopic (exact) mass is 236 g/mol. The van der Waals surface area contributed by atoms with E-state index in [-0.39, 0.29) is 58.8 Å². The molecule has 1 atom stereocenters. The van der Waals surface area contributed by atoms with E-state index in [2.05, 4.69) is 0 Å². The zero-order valence-electron chi connectivity index (χ0n) is 2.63. The van der Waals surface area contributed by atoms with Crippen LogP contribution in [0.15, 0.2) is 0 Å². The summed E-state index contributed by atoms with van der Waals surface area (Å²) in [6.45, 7) is 0. The van der Waals surface area contributed by atoms with E-state index in [9.17, 15) is 0 Å². The van der Waals surface area contributed by atoms with Crippen molar-refractivity contribution in [2.45, 2.75) is 0 Å². The molecule has 0 rings (SSSR count). The van der Waals surface area contributed by atoms with Gasteiger partial charge in [0.2, 0.25) is 0 Å². The first kappa shape index (κ1) is 15.7. The maximum atomic E-state index is 7.17. The molecule has 0 spiro atoms. The van der Waals surface area contributed by atoms with Crippen LogP contribution in [0, 0.1) is 0 Å². The van der Waals surface area contributed by atoms with Crippen LogP contribution in [0.25, 0.3) is 0 Å². The fraction of sp³-hybridized carbons (Fsp3) is 0. The first-order chi connectivity index (χ1) is 1.73. The molecular formula is H8BBaO3P. The van der Waals surface area contributed by atoms with Gasteiger partial charge in [0.25, 0.3) is 0 Å². The molecule has 3 nitrogen and oxygen atoms in total. The van der Waals surface area contributed by atoms with Crippen LogP contribution in [0.3, 0.4) is 0 Å². The minimum atomic E-state index is -2.17. The Morgan fingerprint density at radius 3 is 1.00 bits per heavy atom. The summed E-state index contributed by atoms with van der Waals surface area (Å²) >= 11 is 0. The molecule has 6 heavy (non-hydrogen) atoms. The van der Waals surface area contributed by atoms with Crippen LogP contribution in [0.4, 0.5) is 0 Å². The van der Waals surface area contributed by atoms with E-state index in [4.69, 9.17) is 15.1 Å². The molecule has 0 radical (unpaired) electrons. The number of hydrogen-bond donors (Lipinski definition) is 3. The Morgan fingerprint density at radius 2 is 1.00 bits per heavy atom. The van der Waals surface area contributed by atoms with E-state index >= 15 is 0 Å². The predicted octanol–water partition coefficient (Wildman–Crippen LogP) is -2.91. The molecule has 3 N–H and O–H groups in total. The standard InChI is InChI=1S/BH3O3.Ba.H3P.2H/c2-1(3)4;;;;/h2-4H;;1H3;;.